The third kappa shape index (κ3) is 2.47. The topological polar surface area (TPSA) is 3.24 Å². The van der Waals surface area contributed by atoms with Crippen molar-refractivity contribution in [1.82, 2.24) is 4.90 Å². The van der Waals surface area contributed by atoms with Gasteiger partial charge in [0.15, 0.2) is 0 Å². The lowest BCUT2D eigenvalue weighted by Crippen LogP contribution is -2.26. The van der Waals surface area contributed by atoms with Crippen molar-refractivity contribution in [3.8, 4) is 0 Å². The first-order valence-corrected chi connectivity index (χ1v) is 6.11. The fraction of sp³-hybridized carbons (Fsp3) is 0.500. The number of hydrogen-bond acceptors (Lipinski definition) is 1. The van der Waals surface area contributed by atoms with E-state index in [2.05, 4.69) is 11.8 Å². The summed E-state index contributed by atoms with van der Waals surface area (Å²) in [7, 11) is 0. The van der Waals surface area contributed by atoms with Crippen molar-refractivity contribution < 1.29 is 0 Å². The van der Waals surface area contributed by atoms with E-state index in [1.807, 2.05) is 18.2 Å². The van der Waals surface area contributed by atoms with Gasteiger partial charge in [-0.25, -0.2) is 0 Å². The van der Waals surface area contributed by atoms with Gasteiger partial charge in [0.25, 0.3) is 0 Å². The Kier molecular flexibility index (Phi) is 3.55. The minimum atomic E-state index is 0.650. The number of likely N-dealkylation sites (tertiary alicyclic amines) is 1. The molecule has 0 aliphatic carbocycles. The first-order valence-electron chi connectivity index (χ1n) is 5.35. The zero-order chi connectivity index (χ0) is 10.8. The van der Waals surface area contributed by atoms with Crippen LogP contribution in [0.4, 0.5) is 0 Å². The van der Waals surface area contributed by atoms with Crippen LogP contribution >= 0.6 is 23.2 Å². The predicted octanol–water partition coefficient (Wildman–Crippen LogP) is 3.98. The van der Waals surface area contributed by atoms with Crippen LogP contribution in [0, 0.1) is 0 Å². The van der Waals surface area contributed by atoms with Crippen molar-refractivity contribution in [1.29, 1.82) is 0 Å². The molecule has 1 aliphatic rings. The second kappa shape index (κ2) is 4.73. The molecule has 1 aliphatic heterocycles. The first-order chi connectivity index (χ1) is 7.18. The average molecular weight is 244 g/mol. The summed E-state index contributed by atoms with van der Waals surface area (Å²) in [6, 6.07) is 6.35. The number of halogens is 2. The Bertz CT molecular complexity index is 331. The predicted molar refractivity (Wildman–Crippen MR) is 65.6 cm³/mol. The summed E-state index contributed by atoms with van der Waals surface area (Å²) < 4.78 is 0. The molecule has 1 fully saturated rings. The molecular weight excluding hydrogens is 229 g/mol. The molecule has 0 spiro atoms. The molecule has 1 unspecified atom stereocenters. The van der Waals surface area contributed by atoms with Gasteiger partial charge < -0.3 is 0 Å². The molecule has 0 N–H and O–H groups in total. The summed E-state index contributed by atoms with van der Waals surface area (Å²) in [5, 5.41) is 1.56. The Morgan fingerprint density at radius 1 is 1.33 bits per heavy atom. The molecule has 1 heterocycles. The van der Waals surface area contributed by atoms with E-state index in [9.17, 15) is 0 Å². The van der Waals surface area contributed by atoms with E-state index < -0.39 is 0 Å². The van der Waals surface area contributed by atoms with E-state index in [1.165, 1.54) is 12.8 Å². The second-order valence-electron chi connectivity index (χ2n) is 4.16. The molecule has 0 aromatic heterocycles. The minimum absolute atomic E-state index is 0.650. The van der Waals surface area contributed by atoms with Crippen molar-refractivity contribution in [2.75, 3.05) is 6.54 Å². The van der Waals surface area contributed by atoms with Gasteiger partial charge in [-0.15, -0.1) is 0 Å². The van der Waals surface area contributed by atoms with Crippen molar-refractivity contribution >= 4 is 23.2 Å². The highest BCUT2D eigenvalue weighted by atomic mass is 35.5. The van der Waals surface area contributed by atoms with Crippen LogP contribution in [0.15, 0.2) is 18.2 Å². The maximum Gasteiger partial charge on any atom is 0.0465 e. The lowest BCUT2D eigenvalue weighted by atomic mass is 10.2. The number of benzene rings is 1. The molecule has 0 saturated carbocycles. The molecule has 15 heavy (non-hydrogen) atoms. The fourth-order valence-corrected chi connectivity index (χ4v) is 2.63. The normalized spacial score (nSPS) is 22.2. The van der Waals surface area contributed by atoms with E-state index in [4.69, 9.17) is 23.2 Å². The fourth-order valence-electron chi connectivity index (χ4n) is 2.11. The molecule has 1 nitrogen and oxygen atoms in total. The largest absolute Gasteiger partial charge is 0.296 e. The van der Waals surface area contributed by atoms with E-state index in [0.717, 1.165) is 28.7 Å². The van der Waals surface area contributed by atoms with Gasteiger partial charge in [-0.2, -0.15) is 0 Å². The smallest absolute Gasteiger partial charge is 0.0465 e. The van der Waals surface area contributed by atoms with E-state index in [1.54, 1.807) is 0 Å². The number of hydrogen-bond donors (Lipinski definition) is 0. The number of nitrogens with zero attached hydrogens (tertiary/aromatic N) is 1. The first kappa shape index (κ1) is 11.3. The quantitative estimate of drug-likeness (QED) is 0.760. The molecule has 1 aromatic carbocycles. The maximum absolute atomic E-state index is 6.14. The van der Waals surface area contributed by atoms with Gasteiger partial charge in [0, 0.05) is 28.2 Å². The van der Waals surface area contributed by atoms with Gasteiger partial charge in [0.1, 0.15) is 0 Å². The second-order valence-corrected chi connectivity index (χ2v) is 4.98. The SMILES string of the molecule is CC1CCCN1Cc1c(Cl)cccc1Cl. The lowest BCUT2D eigenvalue weighted by molar-refractivity contribution is 0.260. The molecule has 1 saturated heterocycles. The monoisotopic (exact) mass is 243 g/mol. The zero-order valence-electron chi connectivity index (χ0n) is 8.84. The lowest BCUT2D eigenvalue weighted by Gasteiger charge is -2.22. The average Bonchev–Trinajstić information content (AvgIpc) is 2.58. The van der Waals surface area contributed by atoms with Crippen LogP contribution in [-0.4, -0.2) is 17.5 Å². The van der Waals surface area contributed by atoms with Crippen LogP contribution in [0.25, 0.3) is 0 Å². The summed E-state index contributed by atoms with van der Waals surface area (Å²) in [5.74, 6) is 0. The third-order valence-electron chi connectivity index (χ3n) is 3.11. The molecule has 0 radical (unpaired) electrons. The van der Waals surface area contributed by atoms with Gasteiger partial charge in [-0.3, -0.25) is 4.90 Å². The molecule has 3 heteroatoms. The molecule has 82 valence electrons. The van der Waals surface area contributed by atoms with Crippen LogP contribution in [0.5, 0.6) is 0 Å². The van der Waals surface area contributed by atoms with E-state index >= 15 is 0 Å². The summed E-state index contributed by atoms with van der Waals surface area (Å²) in [5.41, 5.74) is 1.06. The minimum Gasteiger partial charge on any atom is -0.296 e. The highest BCUT2D eigenvalue weighted by Crippen LogP contribution is 2.28. The van der Waals surface area contributed by atoms with Gasteiger partial charge in [0.05, 0.1) is 0 Å². The highest BCUT2D eigenvalue weighted by molar-refractivity contribution is 6.35. The third-order valence-corrected chi connectivity index (χ3v) is 3.82. The van der Waals surface area contributed by atoms with Crippen LogP contribution in [0.3, 0.4) is 0 Å². The van der Waals surface area contributed by atoms with Crippen molar-refractivity contribution in [2.45, 2.75) is 32.4 Å². The van der Waals surface area contributed by atoms with Gasteiger partial charge in [0.2, 0.25) is 0 Å². The molecule has 1 aromatic rings. The Hall–Kier alpha value is -0.240. The van der Waals surface area contributed by atoms with Crippen molar-refractivity contribution in [3.05, 3.63) is 33.8 Å². The summed E-state index contributed by atoms with van der Waals surface area (Å²) in [6.45, 7) is 4.29. The molecule has 2 rings (SSSR count). The summed E-state index contributed by atoms with van der Waals surface area (Å²) in [4.78, 5) is 2.44. The Balaban J connectivity index is 2.16. The Labute approximate surface area is 101 Å². The van der Waals surface area contributed by atoms with Gasteiger partial charge in [-0.1, -0.05) is 29.3 Å². The Morgan fingerprint density at radius 2 is 2.00 bits per heavy atom. The van der Waals surface area contributed by atoms with Crippen molar-refractivity contribution in [2.24, 2.45) is 0 Å². The molecular formula is C12H15Cl2N. The van der Waals surface area contributed by atoms with E-state index in [0.29, 0.717) is 6.04 Å². The molecule has 0 bridgehead atoms. The number of rotatable bonds is 2. The summed E-state index contributed by atoms with van der Waals surface area (Å²) in [6.07, 6.45) is 2.56. The zero-order valence-corrected chi connectivity index (χ0v) is 10.4. The van der Waals surface area contributed by atoms with Crippen LogP contribution in [0.1, 0.15) is 25.3 Å². The van der Waals surface area contributed by atoms with E-state index in [-0.39, 0.29) is 0 Å². The Morgan fingerprint density at radius 3 is 2.53 bits per heavy atom. The molecule has 0 amide bonds. The van der Waals surface area contributed by atoms with Crippen LogP contribution in [-0.2, 0) is 6.54 Å². The highest BCUT2D eigenvalue weighted by Gasteiger charge is 2.21. The summed E-state index contributed by atoms with van der Waals surface area (Å²) >= 11 is 12.3. The van der Waals surface area contributed by atoms with Gasteiger partial charge in [-0.05, 0) is 38.4 Å². The molecule has 1 atom stereocenters. The maximum atomic E-state index is 6.14. The van der Waals surface area contributed by atoms with Crippen molar-refractivity contribution in [3.63, 3.8) is 0 Å². The standard InChI is InChI=1S/C12H15Cl2N/c1-9-4-3-7-15(9)8-10-11(13)5-2-6-12(10)14/h2,5-6,9H,3-4,7-8H2,1H3. The van der Waals surface area contributed by atoms with Gasteiger partial charge >= 0.3 is 0 Å². The van der Waals surface area contributed by atoms with Crippen LogP contribution in [0.2, 0.25) is 10.0 Å². The van der Waals surface area contributed by atoms with Crippen LogP contribution < -0.4 is 0 Å².